The number of nitrogens with two attached hydrogens (primary N) is 3. The zero-order valence-corrected chi connectivity index (χ0v) is 63.7. The average molecular weight is 1520 g/mol. The van der Waals surface area contributed by atoms with Gasteiger partial charge in [-0.05, 0) is 130 Å². The van der Waals surface area contributed by atoms with Gasteiger partial charge in [-0.15, -0.1) is 0 Å². The fourth-order valence-electron chi connectivity index (χ4n) is 13.4. The Balaban J connectivity index is 1.41. The second-order valence-electron chi connectivity index (χ2n) is 29.1. The summed E-state index contributed by atoms with van der Waals surface area (Å²) >= 11 is 0. The molecule has 0 unspecified atom stereocenters. The molecule has 34 heteroatoms. The van der Waals surface area contributed by atoms with E-state index in [-0.39, 0.29) is 131 Å². The molecule has 18 N–H and O–H groups in total. The molecule has 4 saturated heterocycles. The highest BCUT2D eigenvalue weighted by molar-refractivity contribution is 8.76. The number of rotatable bonds is 23. The van der Waals surface area contributed by atoms with Crippen LogP contribution in [0.1, 0.15) is 144 Å². The zero-order valence-electron chi connectivity index (χ0n) is 62.1. The largest absolute Gasteiger partial charge is 0.508 e. The van der Waals surface area contributed by atoms with Crippen LogP contribution in [0, 0.1) is 23.7 Å². The van der Waals surface area contributed by atoms with Crippen molar-refractivity contribution in [2.24, 2.45) is 40.9 Å². The molecule has 4 fully saturated rings. The lowest BCUT2D eigenvalue weighted by Gasteiger charge is -2.33. The predicted octanol–water partition coefficient (Wildman–Crippen LogP) is -0.904. The van der Waals surface area contributed by atoms with E-state index in [1.54, 1.807) is 46.8 Å². The third kappa shape index (κ3) is 25.2. The number of fused-ring (bicyclic) bond motifs is 3. The number of hydrogen-bond donors (Lipinski definition) is 15. The van der Waals surface area contributed by atoms with E-state index in [4.69, 9.17) is 17.2 Å². The highest BCUT2D eigenvalue weighted by atomic mass is 33.1. The number of carbonyl (C=O) groups excluding carboxylic acids is 14. The van der Waals surface area contributed by atoms with Crippen LogP contribution in [-0.2, 0) is 80.0 Å². The van der Waals surface area contributed by atoms with E-state index >= 15 is 0 Å². The Kier molecular flexibility index (Phi) is 33.6. The number of hydrogen-bond acceptors (Lipinski definition) is 20. The van der Waals surface area contributed by atoms with Crippen molar-refractivity contribution < 1.29 is 77.3 Å². The van der Waals surface area contributed by atoms with Crippen LogP contribution < -0.4 is 70.4 Å². The van der Waals surface area contributed by atoms with Gasteiger partial charge in [0.1, 0.15) is 90.0 Å². The van der Waals surface area contributed by atoms with Gasteiger partial charge in [0, 0.05) is 57.5 Å². The molecule has 0 saturated carbocycles. The third-order valence-electron chi connectivity index (χ3n) is 19.2. The third-order valence-corrected chi connectivity index (χ3v) is 21.6. The van der Waals surface area contributed by atoms with E-state index in [9.17, 15) is 77.3 Å². The second-order valence-corrected chi connectivity index (χ2v) is 31.6. The highest BCUT2D eigenvalue weighted by Gasteiger charge is 2.46. The summed E-state index contributed by atoms with van der Waals surface area (Å²) in [6, 6.07) is -5.49. The van der Waals surface area contributed by atoms with Crippen molar-refractivity contribution in [1.82, 2.24) is 67.9 Å². The van der Waals surface area contributed by atoms with Gasteiger partial charge >= 0.3 is 0 Å². The summed E-state index contributed by atoms with van der Waals surface area (Å²) in [7, 11) is 1.97. The Morgan fingerprint density at radius 1 is 0.528 bits per heavy atom. The maximum Gasteiger partial charge on any atom is 0.246 e. The van der Waals surface area contributed by atoms with E-state index < -0.39 is 168 Å². The van der Waals surface area contributed by atoms with Crippen LogP contribution in [-0.4, -0.2) is 230 Å². The minimum absolute atomic E-state index is 0.0628. The molecule has 14 amide bonds. The van der Waals surface area contributed by atoms with Gasteiger partial charge in [0.25, 0.3) is 0 Å². The lowest BCUT2D eigenvalue weighted by atomic mass is 9.97. The van der Waals surface area contributed by atoms with Crippen LogP contribution >= 0.6 is 21.6 Å². The van der Waals surface area contributed by atoms with Crippen molar-refractivity contribution in [2.75, 3.05) is 44.2 Å². The highest BCUT2D eigenvalue weighted by Crippen LogP contribution is 2.30. The van der Waals surface area contributed by atoms with E-state index in [1.807, 2.05) is 20.8 Å². The molecule has 4 aliphatic heterocycles. The maximum absolute atomic E-state index is 15.0. The molecule has 586 valence electrons. The molecule has 32 nitrogen and oxygen atoms in total. The van der Waals surface area contributed by atoms with Crippen molar-refractivity contribution in [3.8, 4) is 11.5 Å². The molecular weight excluding hydrogens is 1410 g/mol. The first-order chi connectivity index (χ1) is 50.2. The number of nitrogens with zero attached hydrogens (tertiary/aromatic N) is 3. The number of phenols is 2. The number of nitrogens with one attached hydrogen (secondary N) is 10. The van der Waals surface area contributed by atoms with E-state index in [2.05, 4.69) is 53.2 Å². The van der Waals surface area contributed by atoms with Gasteiger partial charge in [-0.1, -0.05) is 108 Å². The lowest BCUT2D eigenvalue weighted by Crippen LogP contribution is -2.62. The van der Waals surface area contributed by atoms with Crippen molar-refractivity contribution in [1.29, 1.82) is 0 Å². The first-order valence-corrected chi connectivity index (χ1v) is 39.1. The minimum Gasteiger partial charge on any atom is -0.508 e. The van der Waals surface area contributed by atoms with Gasteiger partial charge in [0.05, 0.1) is 0 Å². The molecule has 0 bridgehead atoms. The van der Waals surface area contributed by atoms with Crippen molar-refractivity contribution in [3.63, 3.8) is 0 Å². The average Bonchev–Trinajstić information content (AvgIpc) is 1.63. The van der Waals surface area contributed by atoms with Gasteiger partial charge in [0.2, 0.25) is 82.7 Å². The Hall–Kier alpha value is -8.76. The molecule has 0 spiro atoms. The summed E-state index contributed by atoms with van der Waals surface area (Å²) in [5.74, 6) is -12.5. The van der Waals surface area contributed by atoms with Crippen LogP contribution in [0.2, 0.25) is 0 Å². The van der Waals surface area contributed by atoms with Gasteiger partial charge in [-0.2, -0.15) is 0 Å². The van der Waals surface area contributed by atoms with Gasteiger partial charge < -0.3 is 95.3 Å². The smallest absolute Gasteiger partial charge is 0.246 e. The number of benzene rings is 2. The summed E-state index contributed by atoms with van der Waals surface area (Å²) in [5, 5.41) is 47.6. The number of amides is 14. The molecule has 4 heterocycles. The first-order valence-electron chi connectivity index (χ1n) is 36.7. The normalized spacial score (nSPS) is 25.0. The molecule has 0 aromatic heterocycles. The van der Waals surface area contributed by atoms with E-state index in [0.717, 1.165) is 21.6 Å². The first kappa shape index (κ1) is 86.2. The Morgan fingerprint density at radius 2 is 0.972 bits per heavy atom. The van der Waals surface area contributed by atoms with E-state index in [0.29, 0.717) is 36.8 Å². The second kappa shape index (κ2) is 41.4. The van der Waals surface area contributed by atoms with Crippen LogP contribution in [0.25, 0.3) is 0 Å². The Labute approximate surface area is 627 Å². The molecule has 4 aliphatic rings. The topological polar surface area (TPSA) is 488 Å². The number of phenolic OH excluding ortho intramolecular Hbond substituents is 2. The standard InChI is InChI=1S/C72H110N16O16S2/c1-10-41(8)59(60(75)92)85-65(97)49(31-39(4)5)79-66(98)53(35-74)83-67(99)54-36-105-106-37-55(76-42(9)89)71(103)88-29-13-16-58(88)72(104)87-28-12-15-57(87)69(101)81-51(34-44-19-23-46(91)24-20-44)64(96)82-52(32-40(6)7)70(102)86-27-11-14-56(86)68(100)77-47(25-26-73)61(93)80-50(33-43-17-21-45(90)22-18-43)63(95)78-48(30-38(2)3)62(94)84-54/h17-24,38-41,47-59,90-91H,10-16,25-37,73-74H2,1-9H3,(H2,75,92)(H,76,89)(H,77,100)(H,78,95)(H,79,98)(H,80,93)(H,81,101)(H,82,96)(H,83,99)(H,84,94)(H,85,97)/t41-,47-,48-,49-,50-,51-,52-,53-,54-,55-,56-,57-,58-,59-/m0/s1. The van der Waals surface area contributed by atoms with Crippen molar-refractivity contribution in [2.45, 2.75) is 224 Å². The summed E-state index contributed by atoms with van der Waals surface area (Å²) in [6.45, 7) is 15.1. The van der Waals surface area contributed by atoms with Gasteiger partial charge in [-0.25, -0.2) is 0 Å². The van der Waals surface area contributed by atoms with E-state index in [1.165, 1.54) is 58.0 Å². The van der Waals surface area contributed by atoms with Crippen LogP contribution in [0.3, 0.4) is 0 Å². The number of carbonyl (C=O) groups is 14. The molecular formula is C72H110N16O16S2. The molecule has 14 atom stereocenters. The molecule has 106 heavy (non-hydrogen) atoms. The minimum atomic E-state index is -1.59. The summed E-state index contributed by atoms with van der Waals surface area (Å²) in [5.41, 5.74) is 18.9. The zero-order chi connectivity index (χ0) is 78.2. The van der Waals surface area contributed by atoms with Gasteiger partial charge in [0.15, 0.2) is 0 Å². The molecule has 6 rings (SSSR count). The summed E-state index contributed by atoms with van der Waals surface area (Å²) in [6.07, 6.45) is 1.62. The Morgan fingerprint density at radius 3 is 1.46 bits per heavy atom. The summed E-state index contributed by atoms with van der Waals surface area (Å²) in [4.78, 5) is 206. The fourth-order valence-corrected chi connectivity index (χ4v) is 15.7. The fraction of sp³-hybridized carbons (Fsp3) is 0.639. The molecule has 2 aromatic carbocycles. The van der Waals surface area contributed by atoms with Crippen LogP contribution in [0.5, 0.6) is 11.5 Å². The van der Waals surface area contributed by atoms with Crippen molar-refractivity contribution >= 4 is 104 Å². The quantitative estimate of drug-likeness (QED) is 0.0599. The van der Waals surface area contributed by atoms with Crippen molar-refractivity contribution in [3.05, 3.63) is 59.7 Å². The van der Waals surface area contributed by atoms with Gasteiger partial charge in [-0.3, -0.25) is 67.1 Å². The molecule has 0 aliphatic carbocycles. The molecule has 0 radical (unpaired) electrons. The SMILES string of the molecule is CC[C@H](C)[C@H](NC(=O)[C@H](CC(C)C)NC(=O)[C@H](CN)NC(=O)[C@@H]1CSSC[C@H](NC(C)=O)C(=O)N2CCC[C@H]2C(=O)N2CCC[C@H]2C(=O)N[C@@H](Cc2ccc(O)cc2)C(=O)N[C@@H](CC(C)C)C(=O)N2CCC[C@H]2C(=O)N[C@@H](CCN)C(=O)N[C@@H](Cc2ccc(O)cc2)C(=O)N[C@@H](CC(C)C)C(=O)N1)C(N)=O. The monoisotopic (exact) mass is 1520 g/mol. The maximum atomic E-state index is 15.0. The predicted molar refractivity (Wildman–Crippen MR) is 397 cm³/mol. The van der Waals surface area contributed by atoms with Crippen LogP contribution in [0.4, 0.5) is 0 Å². The van der Waals surface area contributed by atoms with Crippen LogP contribution in [0.15, 0.2) is 48.5 Å². The Bertz CT molecular complexity index is 3420. The molecule has 2 aromatic rings. The lowest BCUT2D eigenvalue weighted by molar-refractivity contribution is -0.147. The summed E-state index contributed by atoms with van der Waals surface area (Å²) < 4.78 is 0. The number of primary amides is 1. The number of aromatic hydroxyl groups is 2.